The Morgan fingerprint density at radius 3 is 2.58 bits per heavy atom. The van der Waals surface area contributed by atoms with Crippen molar-refractivity contribution < 1.29 is 8.42 Å². The van der Waals surface area contributed by atoms with E-state index >= 15 is 0 Å². The molecule has 0 spiro atoms. The molecule has 1 aliphatic heterocycles. The molecule has 2 heterocycles. The van der Waals surface area contributed by atoms with E-state index in [4.69, 9.17) is 0 Å². The predicted octanol–water partition coefficient (Wildman–Crippen LogP) is 2.69. The standard InChI is InChI=1S/C17H22N4O2S/c1-3-13-4-6-14(7-5-13)20-17-18-12(2)10-16(21-17)19-15-8-9-24(22,23)11-15/h4-7,10,15H,3,8-9,11H2,1-2H3,(H2,18,19,20,21). The Bertz CT molecular complexity index is 819. The molecule has 1 aromatic carbocycles. The molecule has 0 aliphatic carbocycles. The van der Waals surface area contributed by atoms with Crippen LogP contribution >= 0.6 is 0 Å². The number of sulfone groups is 1. The van der Waals surface area contributed by atoms with Gasteiger partial charge in [0.15, 0.2) is 9.84 Å². The summed E-state index contributed by atoms with van der Waals surface area (Å²) in [4.78, 5) is 8.85. The Balaban J connectivity index is 1.73. The summed E-state index contributed by atoms with van der Waals surface area (Å²) >= 11 is 0. The zero-order chi connectivity index (χ0) is 17.2. The molecular formula is C17H22N4O2S. The highest BCUT2D eigenvalue weighted by Crippen LogP contribution is 2.20. The zero-order valence-electron chi connectivity index (χ0n) is 13.9. The number of hydrogen-bond donors (Lipinski definition) is 2. The molecule has 1 fully saturated rings. The van der Waals surface area contributed by atoms with Crippen LogP contribution in [-0.4, -0.2) is 35.9 Å². The minimum atomic E-state index is -2.91. The number of aromatic nitrogens is 2. The molecule has 3 rings (SSSR count). The molecule has 0 bridgehead atoms. The van der Waals surface area contributed by atoms with Crippen LogP contribution in [-0.2, 0) is 16.3 Å². The predicted molar refractivity (Wildman–Crippen MR) is 96.6 cm³/mol. The van der Waals surface area contributed by atoms with Crippen molar-refractivity contribution in [1.29, 1.82) is 0 Å². The molecule has 24 heavy (non-hydrogen) atoms. The van der Waals surface area contributed by atoms with Gasteiger partial charge in [0.25, 0.3) is 0 Å². The van der Waals surface area contributed by atoms with E-state index in [1.54, 1.807) is 0 Å². The van der Waals surface area contributed by atoms with Gasteiger partial charge in [-0.1, -0.05) is 19.1 Å². The largest absolute Gasteiger partial charge is 0.366 e. The fraction of sp³-hybridized carbons (Fsp3) is 0.412. The first-order valence-electron chi connectivity index (χ1n) is 8.12. The van der Waals surface area contributed by atoms with Gasteiger partial charge in [0.05, 0.1) is 11.5 Å². The maximum atomic E-state index is 11.6. The second-order valence-electron chi connectivity index (χ2n) is 6.14. The van der Waals surface area contributed by atoms with Crippen molar-refractivity contribution in [3.63, 3.8) is 0 Å². The average molecular weight is 346 g/mol. The van der Waals surface area contributed by atoms with Gasteiger partial charge in [0.1, 0.15) is 5.82 Å². The second-order valence-corrected chi connectivity index (χ2v) is 8.37. The van der Waals surface area contributed by atoms with E-state index in [1.165, 1.54) is 5.56 Å². The maximum Gasteiger partial charge on any atom is 0.229 e. The van der Waals surface area contributed by atoms with Crippen molar-refractivity contribution in [2.45, 2.75) is 32.7 Å². The van der Waals surface area contributed by atoms with E-state index in [0.29, 0.717) is 18.2 Å². The highest BCUT2D eigenvalue weighted by molar-refractivity contribution is 7.91. The number of rotatable bonds is 5. The molecule has 0 radical (unpaired) electrons. The second kappa shape index (κ2) is 6.76. The first-order valence-corrected chi connectivity index (χ1v) is 9.94. The van der Waals surface area contributed by atoms with E-state index in [-0.39, 0.29) is 17.5 Å². The summed E-state index contributed by atoms with van der Waals surface area (Å²) in [5.74, 6) is 1.56. The topological polar surface area (TPSA) is 84.0 Å². The molecule has 7 heteroatoms. The van der Waals surface area contributed by atoms with Crippen LogP contribution in [0.15, 0.2) is 30.3 Å². The maximum absolute atomic E-state index is 11.6. The van der Waals surface area contributed by atoms with Crippen LogP contribution in [0.4, 0.5) is 17.5 Å². The quantitative estimate of drug-likeness (QED) is 0.866. The molecule has 1 atom stereocenters. The van der Waals surface area contributed by atoms with E-state index in [2.05, 4.69) is 39.7 Å². The van der Waals surface area contributed by atoms with Crippen LogP contribution in [0.25, 0.3) is 0 Å². The monoisotopic (exact) mass is 346 g/mol. The highest BCUT2D eigenvalue weighted by Gasteiger charge is 2.28. The van der Waals surface area contributed by atoms with Gasteiger partial charge < -0.3 is 10.6 Å². The van der Waals surface area contributed by atoms with Crippen LogP contribution in [0.3, 0.4) is 0 Å². The highest BCUT2D eigenvalue weighted by atomic mass is 32.2. The molecule has 0 amide bonds. The fourth-order valence-corrected chi connectivity index (χ4v) is 4.44. The first-order chi connectivity index (χ1) is 11.4. The van der Waals surface area contributed by atoms with Gasteiger partial charge in [0.2, 0.25) is 5.95 Å². The van der Waals surface area contributed by atoms with Crippen molar-refractivity contribution in [2.24, 2.45) is 0 Å². The van der Waals surface area contributed by atoms with Gasteiger partial charge in [-0.25, -0.2) is 13.4 Å². The lowest BCUT2D eigenvalue weighted by atomic mass is 10.1. The molecule has 1 unspecified atom stereocenters. The molecule has 0 saturated carbocycles. The summed E-state index contributed by atoms with van der Waals surface area (Å²) in [5, 5.41) is 6.41. The lowest BCUT2D eigenvalue weighted by Crippen LogP contribution is -2.21. The lowest BCUT2D eigenvalue weighted by Gasteiger charge is -2.13. The molecule has 2 aromatic rings. The smallest absolute Gasteiger partial charge is 0.229 e. The molecule has 1 saturated heterocycles. The average Bonchev–Trinajstić information content (AvgIpc) is 2.86. The van der Waals surface area contributed by atoms with E-state index < -0.39 is 9.84 Å². The summed E-state index contributed by atoms with van der Waals surface area (Å²) in [6, 6.07) is 9.89. The first kappa shape index (κ1) is 16.7. The van der Waals surface area contributed by atoms with Gasteiger partial charge in [0, 0.05) is 23.5 Å². The summed E-state index contributed by atoms with van der Waals surface area (Å²) < 4.78 is 23.1. The lowest BCUT2D eigenvalue weighted by molar-refractivity contribution is 0.602. The number of nitrogens with one attached hydrogen (secondary N) is 2. The van der Waals surface area contributed by atoms with Crippen molar-refractivity contribution in [3.8, 4) is 0 Å². The summed E-state index contributed by atoms with van der Waals surface area (Å²) in [5.41, 5.74) is 3.02. The summed E-state index contributed by atoms with van der Waals surface area (Å²) in [6.07, 6.45) is 1.62. The van der Waals surface area contributed by atoms with Crippen molar-refractivity contribution in [2.75, 3.05) is 22.1 Å². The van der Waals surface area contributed by atoms with Gasteiger partial charge in [-0.2, -0.15) is 4.98 Å². The van der Waals surface area contributed by atoms with E-state index in [1.807, 2.05) is 25.1 Å². The summed E-state index contributed by atoms with van der Waals surface area (Å²) in [7, 11) is -2.91. The SMILES string of the molecule is CCc1ccc(Nc2nc(C)cc(NC3CCS(=O)(=O)C3)n2)cc1. The van der Waals surface area contributed by atoms with Gasteiger partial charge in [-0.15, -0.1) is 0 Å². The normalized spacial score (nSPS) is 19.2. The van der Waals surface area contributed by atoms with Crippen LogP contribution in [0, 0.1) is 6.92 Å². The van der Waals surface area contributed by atoms with Crippen molar-refractivity contribution >= 4 is 27.3 Å². The van der Waals surface area contributed by atoms with E-state index in [0.717, 1.165) is 17.8 Å². The molecule has 1 aliphatic rings. The minimum Gasteiger partial charge on any atom is -0.366 e. The minimum absolute atomic E-state index is 0.0824. The van der Waals surface area contributed by atoms with Crippen LogP contribution < -0.4 is 10.6 Å². The van der Waals surface area contributed by atoms with Crippen LogP contribution in [0.2, 0.25) is 0 Å². The Kier molecular flexibility index (Phi) is 4.71. The number of anilines is 3. The molecular weight excluding hydrogens is 324 g/mol. The Hall–Kier alpha value is -2.15. The molecule has 6 nitrogen and oxygen atoms in total. The number of hydrogen-bond acceptors (Lipinski definition) is 6. The Labute approximate surface area is 142 Å². The Morgan fingerprint density at radius 1 is 1.21 bits per heavy atom. The third kappa shape index (κ3) is 4.23. The number of benzene rings is 1. The molecule has 128 valence electrons. The van der Waals surface area contributed by atoms with Crippen LogP contribution in [0.5, 0.6) is 0 Å². The van der Waals surface area contributed by atoms with Gasteiger partial charge in [-0.05, 0) is 37.5 Å². The van der Waals surface area contributed by atoms with Crippen molar-refractivity contribution in [1.82, 2.24) is 9.97 Å². The van der Waals surface area contributed by atoms with E-state index in [9.17, 15) is 8.42 Å². The summed E-state index contributed by atoms with van der Waals surface area (Å²) in [6.45, 7) is 4.01. The third-order valence-corrected chi connectivity index (χ3v) is 5.82. The number of aryl methyl sites for hydroxylation is 2. The van der Waals surface area contributed by atoms with Crippen LogP contribution in [0.1, 0.15) is 24.6 Å². The van der Waals surface area contributed by atoms with Crippen molar-refractivity contribution in [3.05, 3.63) is 41.6 Å². The van der Waals surface area contributed by atoms with Gasteiger partial charge >= 0.3 is 0 Å². The molecule has 1 aromatic heterocycles. The Morgan fingerprint density at radius 2 is 1.96 bits per heavy atom. The number of nitrogens with zero attached hydrogens (tertiary/aromatic N) is 2. The fourth-order valence-electron chi connectivity index (χ4n) is 2.77. The molecule has 2 N–H and O–H groups in total. The van der Waals surface area contributed by atoms with Gasteiger partial charge in [-0.3, -0.25) is 0 Å². The third-order valence-electron chi connectivity index (χ3n) is 4.06. The zero-order valence-corrected chi connectivity index (χ0v) is 14.7.